The van der Waals surface area contributed by atoms with Gasteiger partial charge in [0.2, 0.25) is 10.0 Å². The molecule has 1 aromatic heterocycles. The first-order valence-electron chi connectivity index (χ1n) is 5.65. The molecule has 0 bridgehead atoms. The molecule has 0 aliphatic carbocycles. The van der Waals surface area contributed by atoms with Gasteiger partial charge in [-0.2, -0.15) is 0 Å². The molecule has 1 N–H and O–H groups in total. The van der Waals surface area contributed by atoms with Crippen LogP contribution < -0.4 is 4.72 Å². The van der Waals surface area contributed by atoms with Crippen LogP contribution in [-0.4, -0.2) is 20.1 Å². The standard InChI is InChI=1S/C12H13ClN2O3S/c1-9-8-10(15-18-9)6-7-14-19(16,17)12-5-3-2-4-11(12)13/h2-5,8,14H,6-7H2,1H3. The second kappa shape index (κ2) is 5.73. The highest BCUT2D eigenvalue weighted by Crippen LogP contribution is 2.19. The minimum Gasteiger partial charge on any atom is -0.361 e. The molecule has 102 valence electrons. The van der Waals surface area contributed by atoms with Gasteiger partial charge in [-0.15, -0.1) is 0 Å². The zero-order chi connectivity index (χ0) is 13.9. The number of aryl methyl sites for hydroxylation is 1. The van der Waals surface area contributed by atoms with Crippen molar-refractivity contribution < 1.29 is 12.9 Å². The number of aromatic nitrogens is 1. The van der Waals surface area contributed by atoms with Gasteiger partial charge in [0, 0.05) is 19.0 Å². The first kappa shape index (κ1) is 14.0. The molecule has 0 saturated heterocycles. The summed E-state index contributed by atoms with van der Waals surface area (Å²) in [4.78, 5) is 0.0769. The van der Waals surface area contributed by atoms with Crippen LogP contribution in [0.3, 0.4) is 0 Å². The number of benzene rings is 1. The topological polar surface area (TPSA) is 72.2 Å². The molecule has 2 rings (SSSR count). The number of nitrogens with zero attached hydrogens (tertiary/aromatic N) is 1. The van der Waals surface area contributed by atoms with Crippen LogP contribution in [0, 0.1) is 6.92 Å². The minimum atomic E-state index is -3.59. The van der Waals surface area contributed by atoms with Crippen LogP contribution >= 0.6 is 11.6 Å². The monoisotopic (exact) mass is 300 g/mol. The third-order valence-corrected chi connectivity index (χ3v) is 4.44. The van der Waals surface area contributed by atoms with Crippen LogP contribution in [0.15, 0.2) is 39.8 Å². The van der Waals surface area contributed by atoms with Crippen LogP contribution in [0.5, 0.6) is 0 Å². The highest BCUT2D eigenvalue weighted by molar-refractivity contribution is 7.89. The van der Waals surface area contributed by atoms with Crippen molar-refractivity contribution in [3.05, 3.63) is 46.8 Å². The van der Waals surface area contributed by atoms with E-state index in [4.69, 9.17) is 16.1 Å². The Balaban J connectivity index is 2.01. The Morgan fingerprint density at radius 1 is 1.37 bits per heavy atom. The summed E-state index contributed by atoms with van der Waals surface area (Å²) in [6.45, 7) is 2.02. The Labute approximate surface area is 116 Å². The van der Waals surface area contributed by atoms with Crippen LogP contribution in [0.25, 0.3) is 0 Å². The number of hydrogen-bond donors (Lipinski definition) is 1. The van der Waals surface area contributed by atoms with Crippen molar-refractivity contribution in [3.63, 3.8) is 0 Å². The molecule has 0 fully saturated rings. The predicted octanol–water partition coefficient (Wildman–Crippen LogP) is 2.16. The van der Waals surface area contributed by atoms with Gasteiger partial charge in [0.25, 0.3) is 0 Å². The number of sulfonamides is 1. The largest absolute Gasteiger partial charge is 0.361 e. The summed E-state index contributed by atoms with van der Waals surface area (Å²) < 4.78 is 31.4. The molecule has 0 aliphatic heterocycles. The normalized spacial score (nSPS) is 11.7. The molecule has 19 heavy (non-hydrogen) atoms. The van der Waals surface area contributed by atoms with Crippen molar-refractivity contribution in [2.75, 3.05) is 6.54 Å². The summed E-state index contributed by atoms with van der Waals surface area (Å²) in [7, 11) is -3.59. The molecule has 0 atom stereocenters. The quantitative estimate of drug-likeness (QED) is 0.918. The van der Waals surface area contributed by atoms with Crippen molar-refractivity contribution in [1.29, 1.82) is 0 Å². The van der Waals surface area contributed by atoms with Gasteiger partial charge < -0.3 is 4.52 Å². The lowest BCUT2D eigenvalue weighted by Gasteiger charge is -2.07. The van der Waals surface area contributed by atoms with Gasteiger partial charge in [-0.25, -0.2) is 13.1 Å². The molecule has 0 aliphatic rings. The van der Waals surface area contributed by atoms with Crippen LogP contribution in [0.1, 0.15) is 11.5 Å². The van der Waals surface area contributed by atoms with E-state index in [2.05, 4.69) is 9.88 Å². The summed E-state index contributed by atoms with van der Waals surface area (Å²) in [5.74, 6) is 0.698. The van der Waals surface area contributed by atoms with Crippen molar-refractivity contribution in [3.8, 4) is 0 Å². The fourth-order valence-electron chi connectivity index (χ4n) is 1.59. The number of rotatable bonds is 5. The van der Waals surface area contributed by atoms with E-state index in [0.29, 0.717) is 17.9 Å². The fraction of sp³-hybridized carbons (Fsp3) is 0.250. The van der Waals surface area contributed by atoms with Crippen molar-refractivity contribution >= 4 is 21.6 Å². The Morgan fingerprint density at radius 3 is 2.74 bits per heavy atom. The first-order chi connectivity index (χ1) is 8.99. The lowest BCUT2D eigenvalue weighted by atomic mass is 10.3. The molecule has 0 radical (unpaired) electrons. The van der Waals surface area contributed by atoms with E-state index >= 15 is 0 Å². The summed E-state index contributed by atoms with van der Waals surface area (Å²) >= 11 is 5.86. The molecule has 1 heterocycles. The van der Waals surface area contributed by atoms with E-state index in [1.165, 1.54) is 12.1 Å². The minimum absolute atomic E-state index is 0.0769. The third kappa shape index (κ3) is 3.56. The Hall–Kier alpha value is -1.37. The molecule has 2 aromatic rings. The van der Waals surface area contributed by atoms with E-state index in [1.807, 2.05) is 0 Å². The Bertz CT molecular complexity index is 667. The molecule has 1 aromatic carbocycles. The van der Waals surface area contributed by atoms with Crippen LogP contribution in [0.4, 0.5) is 0 Å². The lowest BCUT2D eigenvalue weighted by Crippen LogP contribution is -2.26. The zero-order valence-corrected chi connectivity index (χ0v) is 11.8. The highest BCUT2D eigenvalue weighted by Gasteiger charge is 2.16. The van der Waals surface area contributed by atoms with E-state index in [9.17, 15) is 8.42 Å². The average molecular weight is 301 g/mol. The van der Waals surface area contributed by atoms with Gasteiger partial charge in [-0.05, 0) is 19.1 Å². The zero-order valence-electron chi connectivity index (χ0n) is 10.3. The summed E-state index contributed by atoms with van der Waals surface area (Å²) in [5, 5.41) is 3.99. The fourth-order valence-corrected chi connectivity index (χ4v) is 3.14. The number of hydrogen-bond acceptors (Lipinski definition) is 4. The maximum atomic E-state index is 12.0. The van der Waals surface area contributed by atoms with Gasteiger partial charge in [0.05, 0.1) is 10.7 Å². The predicted molar refractivity (Wildman–Crippen MR) is 71.6 cm³/mol. The first-order valence-corrected chi connectivity index (χ1v) is 7.51. The van der Waals surface area contributed by atoms with Crippen molar-refractivity contribution in [2.24, 2.45) is 0 Å². The molecule has 0 unspecified atom stereocenters. The highest BCUT2D eigenvalue weighted by atomic mass is 35.5. The third-order valence-electron chi connectivity index (χ3n) is 2.48. The maximum absolute atomic E-state index is 12.0. The van der Waals surface area contributed by atoms with Crippen LogP contribution in [0.2, 0.25) is 5.02 Å². The molecule has 0 saturated carbocycles. The van der Waals surface area contributed by atoms with Crippen LogP contribution in [-0.2, 0) is 16.4 Å². The summed E-state index contributed by atoms with van der Waals surface area (Å²) in [6, 6.07) is 8.08. The van der Waals surface area contributed by atoms with E-state index in [1.54, 1.807) is 25.1 Å². The molecule has 5 nitrogen and oxygen atoms in total. The molecule has 0 spiro atoms. The SMILES string of the molecule is Cc1cc(CCNS(=O)(=O)c2ccccc2Cl)no1. The molecule has 0 amide bonds. The van der Waals surface area contributed by atoms with Crippen molar-refractivity contribution in [1.82, 2.24) is 9.88 Å². The van der Waals surface area contributed by atoms with Gasteiger partial charge in [-0.1, -0.05) is 28.9 Å². The van der Waals surface area contributed by atoms with E-state index in [0.717, 1.165) is 0 Å². The smallest absolute Gasteiger partial charge is 0.242 e. The summed E-state index contributed by atoms with van der Waals surface area (Å²) in [6.07, 6.45) is 0.459. The maximum Gasteiger partial charge on any atom is 0.242 e. The number of nitrogens with one attached hydrogen (secondary N) is 1. The Kier molecular flexibility index (Phi) is 4.24. The summed E-state index contributed by atoms with van der Waals surface area (Å²) in [5.41, 5.74) is 0.708. The Morgan fingerprint density at radius 2 is 2.11 bits per heavy atom. The lowest BCUT2D eigenvalue weighted by molar-refractivity contribution is 0.390. The van der Waals surface area contributed by atoms with E-state index in [-0.39, 0.29) is 16.5 Å². The van der Waals surface area contributed by atoms with Gasteiger partial charge >= 0.3 is 0 Å². The van der Waals surface area contributed by atoms with Gasteiger partial charge in [0.15, 0.2) is 0 Å². The molecular formula is C12H13ClN2O3S. The van der Waals surface area contributed by atoms with Gasteiger partial charge in [-0.3, -0.25) is 0 Å². The number of halogens is 1. The van der Waals surface area contributed by atoms with Gasteiger partial charge in [0.1, 0.15) is 10.7 Å². The average Bonchev–Trinajstić information content (AvgIpc) is 2.75. The van der Waals surface area contributed by atoms with E-state index < -0.39 is 10.0 Å². The molecular weight excluding hydrogens is 288 g/mol. The second-order valence-electron chi connectivity index (χ2n) is 4.01. The van der Waals surface area contributed by atoms with Crippen molar-refractivity contribution in [2.45, 2.75) is 18.2 Å². The second-order valence-corrected chi connectivity index (χ2v) is 6.15. The molecule has 7 heteroatoms.